The predicted molar refractivity (Wildman–Crippen MR) is 126 cm³/mol. The first kappa shape index (κ1) is 22.1. The average Bonchev–Trinajstić information content (AvgIpc) is 3.29. The van der Waals surface area contributed by atoms with E-state index in [1.54, 1.807) is 36.6 Å². The summed E-state index contributed by atoms with van der Waals surface area (Å²) < 4.78 is 5.59. The number of anilines is 2. The molecule has 168 valence electrons. The zero-order valence-electron chi connectivity index (χ0n) is 18.9. The summed E-state index contributed by atoms with van der Waals surface area (Å²) in [6.45, 7) is 4.07. The normalized spacial score (nSPS) is 16.2. The molecule has 1 atom stereocenters. The van der Waals surface area contributed by atoms with Gasteiger partial charge in [-0.2, -0.15) is 9.97 Å². The van der Waals surface area contributed by atoms with Crippen LogP contribution in [0.4, 0.5) is 11.8 Å². The van der Waals surface area contributed by atoms with Crippen molar-refractivity contribution >= 4 is 29.0 Å². The number of amides is 1. The number of rotatable bonds is 5. The first-order valence-electron chi connectivity index (χ1n) is 10.4. The molecule has 0 radical (unpaired) electrons. The van der Waals surface area contributed by atoms with E-state index in [2.05, 4.69) is 16.8 Å². The van der Waals surface area contributed by atoms with Crippen LogP contribution in [0.2, 0.25) is 0 Å². The lowest BCUT2D eigenvalue weighted by molar-refractivity contribution is 0.0827. The number of carbonyl (C=O) groups excluding carboxylic acids is 1. The lowest BCUT2D eigenvalue weighted by Gasteiger charge is -2.33. The van der Waals surface area contributed by atoms with Gasteiger partial charge in [0.25, 0.3) is 5.91 Å². The number of carbonyl (C=O) groups is 1. The van der Waals surface area contributed by atoms with Gasteiger partial charge >= 0.3 is 0 Å². The van der Waals surface area contributed by atoms with Crippen LogP contribution in [0, 0.1) is 0 Å². The molecule has 0 aliphatic carbocycles. The first-order valence-corrected chi connectivity index (χ1v) is 11.3. The lowest BCUT2D eigenvalue weighted by atomic mass is 10.1. The standard InChI is InChI=1S/C22H27N7O2S/c1-14-12-31-11-10-29(14)22-25-18(15-6-8-16(9-7-15)21(30)28(4)5)24-19(26-22)17-20(27(2)3)23-13-32-17/h6-9,13-14H,10-12H2,1-5H3. The summed E-state index contributed by atoms with van der Waals surface area (Å²) in [5, 5.41) is 0. The van der Waals surface area contributed by atoms with E-state index in [1.807, 2.05) is 31.1 Å². The smallest absolute Gasteiger partial charge is 0.253 e. The van der Waals surface area contributed by atoms with E-state index in [4.69, 9.17) is 19.7 Å². The zero-order chi connectivity index (χ0) is 22.8. The van der Waals surface area contributed by atoms with Crippen LogP contribution in [0.3, 0.4) is 0 Å². The molecule has 2 aromatic heterocycles. The van der Waals surface area contributed by atoms with Crippen LogP contribution in [0.15, 0.2) is 29.8 Å². The fourth-order valence-corrected chi connectivity index (χ4v) is 4.28. The molecule has 32 heavy (non-hydrogen) atoms. The van der Waals surface area contributed by atoms with Crippen molar-refractivity contribution < 1.29 is 9.53 Å². The van der Waals surface area contributed by atoms with Crippen molar-refractivity contribution in [3.8, 4) is 22.1 Å². The van der Waals surface area contributed by atoms with Gasteiger partial charge in [0.05, 0.1) is 24.8 Å². The molecule has 1 aliphatic rings. The molecule has 1 amide bonds. The van der Waals surface area contributed by atoms with Crippen LogP contribution >= 0.6 is 11.3 Å². The highest BCUT2D eigenvalue weighted by Crippen LogP contribution is 2.33. The van der Waals surface area contributed by atoms with E-state index in [-0.39, 0.29) is 11.9 Å². The quantitative estimate of drug-likeness (QED) is 0.583. The third-order valence-electron chi connectivity index (χ3n) is 5.22. The maximum absolute atomic E-state index is 12.3. The largest absolute Gasteiger partial charge is 0.377 e. The highest BCUT2D eigenvalue weighted by Gasteiger charge is 2.25. The molecule has 0 spiro atoms. The van der Waals surface area contributed by atoms with Gasteiger partial charge in [-0.05, 0) is 19.1 Å². The SMILES string of the molecule is CC1COCCN1c1nc(-c2ccc(C(=O)N(C)C)cc2)nc(-c2scnc2N(C)C)n1. The van der Waals surface area contributed by atoms with Crippen molar-refractivity contribution in [1.29, 1.82) is 0 Å². The molecule has 9 nitrogen and oxygen atoms in total. The fraction of sp³-hybridized carbons (Fsp3) is 0.409. The van der Waals surface area contributed by atoms with Gasteiger partial charge in [-0.25, -0.2) is 9.97 Å². The second-order valence-corrected chi connectivity index (χ2v) is 8.93. The number of aromatic nitrogens is 4. The van der Waals surface area contributed by atoms with Crippen molar-refractivity contribution in [3.63, 3.8) is 0 Å². The zero-order valence-corrected chi connectivity index (χ0v) is 19.8. The molecular formula is C22H27N7O2S. The summed E-state index contributed by atoms with van der Waals surface area (Å²) in [7, 11) is 7.38. The molecule has 1 unspecified atom stereocenters. The van der Waals surface area contributed by atoms with Gasteiger partial charge in [-0.3, -0.25) is 4.79 Å². The molecule has 3 heterocycles. The van der Waals surface area contributed by atoms with Gasteiger partial charge < -0.3 is 19.4 Å². The molecule has 1 aromatic carbocycles. The second kappa shape index (κ2) is 9.17. The molecule has 3 aromatic rings. The van der Waals surface area contributed by atoms with Gasteiger partial charge in [0.2, 0.25) is 5.95 Å². The monoisotopic (exact) mass is 453 g/mol. The number of ether oxygens (including phenoxy) is 1. The average molecular weight is 454 g/mol. The van der Waals surface area contributed by atoms with Crippen LogP contribution < -0.4 is 9.80 Å². The number of benzene rings is 1. The molecule has 10 heteroatoms. The Kier molecular flexibility index (Phi) is 6.33. The van der Waals surface area contributed by atoms with Gasteiger partial charge in [-0.15, -0.1) is 11.3 Å². The summed E-state index contributed by atoms with van der Waals surface area (Å²) >= 11 is 1.50. The van der Waals surface area contributed by atoms with Gasteiger partial charge in [-0.1, -0.05) is 12.1 Å². The van der Waals surface area contributed by atoms with Crippen LogP contribution in [0.1, 0.15) is 17.3 Å². The van der Waals surface area contributed by atoms with Gasteiger partial charge in [0.15, 0.2) is 11.6 Å². The third-order valence-corrected chi connectivity index (χ3v) is 6.03. The molecule has 1 saturated heterocycles. The van der Waals surface area contributed by atoms with Crippen LogP contribution in [0.25, 0.3) is 22.1 Å². The van der Waals surface area contributed by atoms with Crippen molar-refractivity contribution in [2.75, 3.05) is 57.7 Å². The molecular weight excluding hydrogens is 426 g/mol. The predicted octanol–water partition coefficient (Wildman–Crippen LogP) is 2.66. The molecule has 0 N–H and O–H groups in total. The Bertz CT molecular complexity index is 1100. The van der Waals surface area contributed by atoms with E-state index in [1.165, 1.54) is 11.3 Å². The molecule has 1 fully saturated rings. The molecule has 0 bridgehead atoms. The van der Waals surface area contributed by atoms with Crippen LogP contribution in [-0.4, -0.2) is 84.7 Å². The third kappa shape index (κ3) is 4.42. The maximum Gasteiger partial charge on any atom is 0.253 e. The van der Waals surface area contributed by atoms with E-state index in [9.17, 15) is 4.79 Å². The lowest BCUT2D eigenvalue weighted by Crippen LogP contribution is -2.44. The topological polar surface area (TPSA) is 87.6 Å². The minimum absolute atomic E-state index is 0.0454. The Morgan fingerprint density at radius 3 is 2.47 bits per heavy atom. The number of hydrogen-bond donors (Lipinski definition) is 0. The van der Waals surface area contributed by atoms with Crippen molar-refractivity contribution in [2.45, 2.75) is 13.0 Å². The Balaban J connectivity index is 1.80. The summed E-state index contributed by atoms with van der Waals surface area (Å²) in [5.41, 5.74) is 3.24. The maximum atomic E-state index is 12.3. The highest BCUT2D eigenvalue weighted by atomic mass is 32.1. The molecule has 1 aliphatic heterocycles. The number of hydrogen-bond acceptors (Lipinski definition) is 9. The molecule has 4 rings (SSSR count). The first-order chi connectivity index (χ1) is 15.3. The Labute approximate surface area is 191 Å². The minimum atomic E-state index is -0.0454. The molecule has 0 saturated carbocycles. The van der Waals surface area contributed by atoms with Crippen LogP contribution in [0.5, 0.6) is 0 Å². The Morgan fingerprint density at radius 2 is 1.81 bits per heavy atom. The summed E-state index contributed by atoms with van der Waals surface area (Å²) in [6, 6.07) is 7.51. The Hall–Kier alpha value is -3.11. The van der Waals surface area contributed by atoms with Crippen molar-refractivity contribution in [1.82, 2.24) is 24.8 Å². The van der Waals surface area contributed by atoms with E-state index in [0.29, 0.717) is 42.9 Å². The number of morpholine rings is 1. The fourth-order valence-electron chi connectivity index (χ4n) is 3.48. The Morgan fingerprint density at radius 1 is 1.09 bits per heavy atom. The summed E-state index contributed by atoms with van der Waals surface area (Å²) in [5.74, 6) is 2.54. The van der Waals surface area contributed by atoms with Crippen molar-refractivity contribution in [2.24, 2.45) is 0 Å². The van der Waals surface area contributed by atoms with E-state index in [0.717, 1.165) is 16.3 Å². The summed E-state index contributed by atoms with van der Waals surface area (Å²) in [6.07, 6.45) is 0. The van der Waals surface area contributed by atoms with Crippen LogP contribution in [-0.2, 0) is 4.74 Å². The van der Waals surface area contributed by atoms with E-state index >= 15 is 0 Å². The van der Waals surface area contributed by atoms with Gasteiger partial charge in [0, 0.05) is 45.9 Å². The number of nitrogens with zero attached hydrogens (tertiary/aromatic N) is 7. The summed E-state index contributed by atoms with van der Waals surface area (Å²) in [4.78, 5) is 37.7. The van der Waals surface area contributed by atoms with E-state index < -0.39 is 0 Å². The second-order valence-electron chi connectivity index (χ2n) is 8.08. The van der Waals surface area contributed by atoms with Gasteiger partial charge in [0.1, 0.15) is 10.7 Å². The minimum Gasteiger partial charge on any atom is -0.377 e. The number of thiazole rings is 1. The highest BCUT2D eigenvalue weighted by molar-refractivity contribution is 7.13. The van der Waals surface area contributed by atoms with Crippen molar-refractivity contribution in [3.05, 3.63) is 35.3 Å².